The van der Waals surface area contributed by atoms with Gasteiger partial charge >= 0.3 is 11.9 Å². The van der Waals surface area contributed by atoms with Gasteiger partial charge in [0.05, 0.1) is 11.6 Å². The molecule has 7 heteroatoms. The molecule has 0 aliphatic heterocycles. The molecule has 1 aromatic heterocycles. The summed E-state index contributed by atoms with van der Waals surface area (Å²) in [6, 6.07) is 7.87. The molecule has 2 fully saturated rings. The summed E-state index contributed by atoms with van der Waals surface area (Å²) in [5.41, 5.74) is 2.89. The number of imidazole rings is 1. The highest BCUT2D eigenvalue weighted by Crippen LogP contribution is 2.38. The van der Waals surface area contributed by atoms with Gasteiger partial charge in [0, 0.05) is 18.5 Å². The molecular formula is C31H41ClN2O4. The predicted octanol–water partition coefficient (Wildman–Crippen LogP) is 7.72. The highest BCUT2D eigenvalue weighted by atomic mass is 35.5. The summed E-state index contributed by atoms with van der Waals surface area (Å²) in [6.07, 6.45) is 14.9. The van der Waals surface area contributed by atoms with Crippen LogP contribution in [0.2, 0.25) is 5.15 Å². The minimum atomic E-state index is -0.898. The average molecular weight is 541 g/mol. The maximum absolute atomic E-state index is 12.2. The molecule has 1 heterocycles. The van der Waals surface area contributed by atoms with E-state index in [1.807, 2.05) is 28.8 Å². The Kier molecular flexibility index (Phi) is 10.1. The normalized spacial score (nSPS) is 18.1. The van der Waals surface area contributed by atoms with Gasteiger partial charge in [-0.3, -0.25) is 4.79 Å². The average Bonchev–Trinajstić information content (AvgIpc) is 3.52. The Labute approximate surface area is 231 Å². The number of rotatable bonds is 12. The Balaban J connectivity index is 1.62. The van der Waals surface area contributed by atoms with Crippen molar-refractivity contribution in [2.45, 2.75) is 103 Å². The van der Waals surface area contributed by atoms with Crippen molar-refractivity contribution in [3.63, 3.8) is 0 Å². The molecule has 1 atom stereocenters. The predicted molar refractivity (Wildman–Crippen MR) is 151 cm³/mol. The summed E-state index contributed by atoms with van der Waals surface area (Å²) in [5.74, 6) is -0.670. The molecule has 6 nitrogen and oxygen atoms in total. The number of aromatic nitrogens is 2. The number of hydrogen-bond donors (Lipinski definition) is 2. The van der Waals surface area contributed by atoms with Crippen LogP contribution in [0.15, 0.2) is 29.8 Å². The van der Waals surface area contributed by atoms with Gasteiger partial charge in [-0.2, -0.15) is 0 Å². The van der Waals surface area contributed by atoms with E-state index in [9.17, 15) is 19.8 Å². The van der Waals surface area contributed by atoms with E-state index in [2.05, 4.69) is 11.9 Å². The first-order chi connectivity index (χ1) is 18.4. The lowest BCUT2D eigenvalue weighted by Gasteiger charge is -2.21. The van der Waals surface area contributed by atoms with E-state index in [1.54, 1.807) is 6.08 Å². The first-order valence-electron chi connectivity index (χ1n) is 14.4. The third-order valence-electron chi connectivity index (χ3n) is 8.43. The van der Waals surface area contributed by atoms with Gasteiger partial charge in [-0.1, -0.05) is 94.2 Å². The zero-order valence-electron chi connectivity index (χ0n) is 22.5. The maximum Gasteiger partial charge on any atom is 0.331 e. The van der Waals surface area contributed by atoms with Crippen molar-refractivity contribution in [2.75, 3.05) is 0 Å². The Morgan fingerprint density at radius 2 is 1.71 bits per heavy atom. The molecule has 0 spiro atoms. The van der Waals surface area contributed by atoms with Gasteiger partial charge in [-0.05, 0) is 54.7 Å². The Bertz CT molecular complexity index is 1130. The highest BCUT2D eigenvalue weighted by Gasteiger charge is 2.31. The van der Waals surface area contributed by atoms with E-state index in [1.165, 1.54) is 6.42 Å². The molecule has 0 saturated heterocycles. The molecule has 1 aromatic carbocycles. The molecule has 2 aliphatic rings. The third-order valence-corrected chi connectivity index (χ3v) is 8.71. The number of halogens is 1. The van der Waals surface area contributed by atoms with Crippen molar-refractivity contribution in [2.24, 2.45) is 11.8 Å². The van der Waals surface area contributed by atoms with E-state index in [-0.39, 0.29) is 5.92 Å². The summed E-state index contributed by atoms with van der Waals surface area (Å²) in [7, 11) is 0. The second-order valence-corrected chi connectivity index (χ2v) is 11.5. The lowest BCUT2D eigenvalue weighted by molar-refractivity contribution is -0.140. The van der Waals surface area contributed by atoms with E-state index < -0.39 is 17.9 Å². The zero-order valence-corrected chi connectivity index (χ0v) is 23.3. The molecule has 4 rings (SSSR count). The summed E-state index contributed by atoms with van der Waals surface area (Å²) < 4.78 is 2.04. The van der Waals surface area contributed by atoms with Crippen LogP contribution in [0.1, 0.15) is 113 Å². The summed E-state index contributed by atoms with van der Waals surface area (Å²) in [4.78, 5) is 28.9. The number of aryl methyl sites for hydroxylation is 1. The van der Waals surface area contributed by atoms with Crippen LogP contribution in [0.3, 0.4) is 0 Å². The summed E-state index contributed by atoms with van der Waals surface area (Å²) in [5, 5.41) is 20.3. The fourth-order valence-corrected chi connectivity index (χ4v) is 6.57. The van der Waals surface area contributed by atoms with Crippen molar-refractivity contribution in [1.29, 1.82) is 0 Å². The van der Waals surface area contributed by atoms with Crippen LogP contribution in [0.5, 0.6) is 0 Å². The molecular weight excluding hydrogens is 500 g/mol. The topological polar surface area (TPSA) is 92.4 Å². The zero-order chi connectivity index (χ0) is 27.1. The van der Waals surface area contributed by atoms with Gasteiger partial charge in [-0.15, -0.1) is 0 Å². The van der Waals surface area contributed by atoms with Crippen LogP contribution < -0.4 is 0 Å². The van der Waals surface area contributed by atoms with Gasteiger partial charge < -0.3 is 14.8 Å². The van der Waals surface area contributed by atoms with Gasteiger partial charge in [0.1, 0.15) is 5.82 Å². The number of benzene rings is 1. The minimum Gasteiger partial charge on any atom is -0.481 e. The molecule has 0 bridgehead atoms. The third kappa shape index (κ3) is 7.07. The number of carboxylic acid groups (broad SMARTS) is 2. The Hall–Kier alpha value is -2.60. The number of unbranched alkanes of at least 4 members (excludes halogenated alkanes) is 1. The Morgan fingerprint density at radius 3 is 2.32 bits per heavy atom. The molecule has 2 aromatic rings. The van der Waals surface area contributed by atoms with Gasteiger partial charge in [0.25, 0.3) is 0 Å². The Morgan fingerprint density at radius 1 is 1.05 bits per heavy atom. The lowest BCUT2D eigenvalue weighted by Crippen LogP contribution is -2.19. The van der Waals surface area contributed by atoms with Crippen LogP contribution >= 0.6 is 11.6 Å². The molecule has 2 N–H and O–H groups in total. The monoisotopic (exact) mass is 540 g/mol. The fourth-order valence-electron chi connectivity index (χ4n) is 6.32. The van der Waals surface area contributed by atoms with Gasteiger partial charge in [0.15, 0.2) is 5.15 Å². The quantitative estimate of drug-likeness (QED) is 0.269. The largest absolute Gasteiger partial charge is 0.481 e. The van der Waals surface area contributed by atoms with Crippen molar-refractivity contribution in [3.05, 3.63) is 57.6 Å². The lowest BCUT2D eigenvalue weighted by atomic mass is 9.84. The molecule has 206 valence electrons. The van der Waals surface area contributed by atoms with E-state index in [0.29, 0.717) is 35.3 Å². The summed E-state index contributed by atoms with van der Waals surface area (Å²) in [6.45, 7) is 2.63. The number of carbonyl (C=O) groups is 2. The molecule has 2 aliphatic carbocycles. The van der Waals surface area contributed by atoms with E-state index in [0.717, 1.165) is 87.6 Å². The number of nitrogens with zero attached hydrogens (tertiary/aromatic N) is 2. The molecule has 38 heavy (non-hydrogen) atoms. The van der Waals surface area contributed by atoms with E-state index in [4.69, 9.17) is 11.6 Å². The summed E-state index contributed by atoms with van der Waals surface area (Å²) >= 11 is 6.63. The van der Waals surface area contributed by atoms with Crippen molar-refractivity contribution < 1.29 is 19.8 Å². The van der Waals surface area contributed by atoms with Crippen LogP contribution in [0.25, 0.3) is 6.08 Å². The molecule has 0 amide bonds. The number of carboxylic acids is 2. The van der Waals surface area contributed by atoms with Crippen molar-refractivity contribution in [3.8, 4) is 0 Å². The number of aliphatic carboxylic acids is 2. The minimum absolute atomic E-state index is 0.196. The second kappa shape index (κ2) is 13.5. The van der Waals surface area contributed by atoms with Gasteiger partial charge in [-0.25, -0.2) is 9.78 Å². The van der Waals surface area contributed by atoms with Gasteiger partial charge in [0.2, 0.25) is 0 Å². The smallest absolute Gasteiger partial charge is 0.331 e. The van der Waals surface area contributed by atoms with Crippen LogP contribution in [-0.2, 0) is 22.6 Å². The molecule has 2 saturated carbocycles. The van der Waals surface area contributed by atoms with Crippen LogP contribution in [0.4, 0.5) is 0 Å². The van der Waals surface area contributed by atoms with Crippen molar-refractivity contribution >= 4 is 29.6 Å². The molecule has 1 unspecified atom stereocenters. The standard InChI is InChI=1S/C31H41ClN2O4/c1-2-3-13-27-33-29(32)26(19-25(30(35)36)18-21-9-5-4-6-10-21)34(27)20-22-14-16-24(17-15-22)28(31(37)38)23-11-7-8-12-23/h14-17,19,21,23,28H,2-13,18,20H2,1H3,(H,35,36)(H,37,38). The SMILES string of the molecule is CCCCc1nc(Cl)c(C=C(CC2CCCCC2)C(=O)O)n1Cc1ccc(C(C(=O)O)C2CCCC2)cc1. The first-order valence-corrected chi connectivity index (χ1v) is 14.8. The van der Waals surface area contributed by atoms with Crippen LogP contribution in [0, 0.1) is 11.8 Å². The maximum atomic E-state index is 12.2. The second-order valence-electron chi connectivity index (χ2n) is 11.2. The van der Waals surface area contributed by atoms with E-state index >= 15 is 0 Å². The van der Waals surface area contributed by atoms with Crippen LogP contribution in [-0.4, -0.2) is 31.7 Å². The number of hydrogen-bond acceptors (Lipinski definition) is 3. The van der Waals surface area contributed by atoms with Crippen molar-refractivity contribution in [1.82, 2.24) is 9.55 Å². The first kappa shape index (κ1) is 28.4. The molecule has 0 radical (unpaired) electrons. The highest BCUT2D eigenvalue weighted by molar-refractivity contribution is 6.30. The fraction of sp³-hybridized carbons (Fsp3) is 0.581.